The van der Waals surface area contributed by atoms with Crippen LogP contribution in [-0.2, 0) is 0 Å². The third-order valence-corrected chi connectivity index (χ3v) is 1.58. The fourth-order valence-corrected chi connectivity index (χ4v) is 0.748. The van der Waals surface area contributed by atoms with E-state index < -0.39 is 36.4 Å². The molecule has 0 radical (unpaired) electrons. The van der Waals surface area contributed by atoms with Gasteiger partial charge in [0.1, 0.15) is 0 Å². The molecule has 0 aromatic heterocycles. The highest BCUT2D eigenvalue weighted by Crippen LogP contribution is 2.50. The van der Waals surface area contributed by atoms with E-state index in [0.29, 0.717) is 0 Å². The summed E-state index contributed by atoms with van der Waals surface area (Å²) in [7, 11) is 0. The van der Waals surface area contributed by atoms with Crippen LogP contribution >= 0.6 is 0 Å². The fraction of sp³-hybridized carbons (Fsp3) is 0.714. The second-order valence-corrected chi connectivity index (χ2v) is 2.95. The topological polar surface area (TPSA) is 20.2 Å². The molecular formula is C7H6F8O. The Morgan fingerprint density at radius 1 is 1.06 bits per heavy atom. The van der Waals surface area contributed by atoms with E-state index in [1.165, 1.54) is 0 Å². The van der Waals surface area contributed by atoms with E-state index in [0.717, 1.165) is 0 Å². The van der Waals surface area contributed by atoms with E-state index >= 15 is 0 Å². The van der Waals surface area contributed by atoms with Gasteiger partial charge in [0, 0.05) is 0 Å². The van der Waals surface area contributed by atoms with Crippen molar-refractivity contribution in [1.82, 2.24) is 0 Å². The molecule has 9 heteroatoms. The van der Waals surface area contributed by atoms with Crippen LogP contribution in [0.25, 0.3) is 0 Å². The molecule has 0 unspecified atom stereocenters. The van der Waals surface area contributed by atoms with Crippen molar-refractivity contribution in [1.29, 1.82) is 0 Å². The van der Waals surface area contributed by atoms with Crippen molar-refractivity contribution >= 4 is 0 Å². The first-order chi connectivity index (χ1) is 6.86. The van der Waals surface area contributed by atoms with Gasteiger partial charge in [-0.2, -0.15) is 26.3 Å². The molecule has 0 bridgehead atoms. The quantitative estimate of drug-likeness (QED) is 0.589. The molecule has 0 aliphatic heterocycles. The van der Waals surface area contributed by atoms with E-state index in [1.54, 1.807) is 0 Å². The number of halogens is 8. The molecule has 0 aromatic rings. The molecule has 0 heterocycles. The minimum Gasteiger partial charge on any atom is -0.513 e. The zero-order valence-electron chi connectivity index (χ0n) is 7.46. The first-order valence-electron chi connectivity index (χ1n) is 3.64. The van der Waals surface area contributed by atoms with Crippen LogP contribution in [0.2, 0.25) is 0 Å². The standard InChI is InChI=1S/C7H6F8O/c1-3(16)2-5(10,11)7(14,15)6(12,13)4(8)9/h4,16H,1-2H2. The lowest BCUT2D eigenvalue weighted by Gasteiger charge is -2.31. The first kappa shape index (κ1) is 15.0. The maximum absolute atomic E-state index is 12.5. The predicted octanol–water partition coefficient (Wildman–Crippen LogP) is 3.62. The fourth-order valence-electron chi connectivity index (χ4n) is 0.748. The molecule has 0 spiro atoms. The monoisotopic (exact) mass is 258 g/mol. The SMILES string of the molecule is C=C(O)CC(F)(F)C(F)(F)C(F)(F)C(F)F. The Morgan fingerprint density at radius 2 is 1.44 bits per heavy atom. The van der Waals surface area contributed by atoms with Crippen LogP contribution in [0, 0.1) is 0 Å². The van der Waals surface area contributed by atoms with Crippen molar-refractivity contribution < 1.29 is 40.2 Å². The van der Waals surface area contributed by atoms with Gasteiger partial charge >= 0.3 is 24.2 Å². The van der Waals surface area contributed by atoms with Crippen LogP contribution in [-0.4, -0.2) is 29.3 Å². The van der Waals surface area contributed by atoms with E-state index in [1.807, 2.05) is 0 Å². The Bertz CT molecular complexity index is 272. The van der Waals surface area contributed by atoms with Crippen molar-refractivity contribution in [3.8, 4) is 0 Å². The highest BCUT2D eigenvalue weighted by Gasteiger charge is 2.75. The molecule has 0 rings (SSSR count). The van der Waals surface area contributed by atoms with Crippen molar-refractivity contribution in [2.75, 3.05) is 0 Å². The Kier molecular flexibility index (Phi) is 3.83. The van der Waals surface area contributed by atoms with Gasteiger partial charge < -0.3 is 5.11 Å². The number of rotatable bonds is 5. The van der Waals surface area contributed by atoms with Crippen LogP contribution < -0.4 is 0 Å². The third kappa shape index (κ3) is 2.38. The van der Waals surface area contributed by atoms with Crippen molar-refractivity contribution in [2.24, 2.45) is 0 Å². The summed E-state index contributed by atoms with van der Waals surface area (Å²) in [6, 6.07) is 0. The third-order valence-electron chi connectivity index (χ3n) is 1.58. The van der Waals surface area contributed by atoms with E-state index in [9.17, 15) is 35.1 Å². The van der Waals surface area contributed by atoms with Gasteiger partial charge in [-0.25, -0.2) is 8.78 Å². The summed E-state index contributed by atoms with van der Waals surface area (Å²) in [6.45, 7) is 2.39. The molecule has 96 valence electrons. The summed E-state index contributed by atoms with van der Waals surface area (Å²) in [4.78, 5) is 0. The van der Waals surface area contributed by atoms with Gasteiger partial charge in [-0.1, -0.05) is 6.58 Å². The highest BCUT2D eigenvalue weighted by atomic mass is 19.4. The molecule has 1 nitrogen and oxygen atoms in total. The van der Waals surface area contributed by atoms with E-state index in [2.05, 4.69) is 6.58 Å². The van der Waals surface area contributed by atoms with Gasteiger partial charge in [0.15, 0.2) is 0 Å². The molecule has 0 aromatic carbocycles. The van der Waals surface area contributed by atoms with E-state index in [4.69, 9.17) is 5.11 Å². The number of allylic oxidation sites excluding steroid dienone is 1. The van der Waals surface area contributed by atoms with Crippen LogP contribution in [0.1, 0.15) is 6.42 Å². The number of alkyl halides is 8. The van der Waals surface area contributed by atoms with Crippen molar-refractivity contribution in [3.05, 3.63) is 12.3 Å². The Hall–Kier alpha value is -1.02. The second kappa shape index (κ2) is 4.10. The summed E-state index contributed by atoms with van der Waals surface area (Å²) in [5, 5.41) is 8.22. The van der Waals surface area contributed by atoms with Gasteiger partial charge in [-0.15, -0.1) is 0 Å². The number of aliphatic hydroxyl groups excluding tert-OH is 1. The van der Waals surface area contributed by atoms with Crippen LogP contribution in [0.5, 0.6) is 0 Å². The minimum atomic E-state index is -6.29. The maximum atomic E-state index is 12.5. The highest BCUT2D eigenvalue weighted by molar-refractivity contribution is 5.02. The zero-order valence-corrected chi connectivity index (χ0v) is 7.46. The lowest BCUT2D eigenvalue weighted by Crippen LogP contribution is -2.57. The summed E-state index contributed by atoms with van der Waals surface area (Å²) in [5.74, 6) is -19.5. The molecule has 16 heavy (non-hydrogen) atoms. The van der Waals surface area contributed by atoms with Crippen LogP contribution in [0.4, 0.5) is 35.1 Å². The van der Waals surface area contributed by atoms with E-state index in [-0.39, 0.29) is 0 Å². The molecule has 0 aliphatic carbocycles. The summed E-state index contributed by atoms with van der Waals surface area (Å²) in [5.41, 5.74) is 0. The number of aliphatic hydroxyl groups is 1. The normalized spacial score (nSPS) is 14.3. The van der Waals surface area contributed by atoms with Gasteiger partial charge in [-0.3, -0.25) is 0 Å². The summed E-state index contributed by atoms with van der Waals surface area (Å²) in [6.07, 6.45) is -7.19. The smallest absolute Gasteiger partial charge is 0.378 e. The first-order valence-corrected chi connectivity index (χ1v) is 3.64. The molecule has 0 amide bonds. The average Bonchev–Trinajstić information content (AvgIpc) is 2.00. The lowest BCUT2D eigenvalue weighted by molar-refractivity contribution is -0.338. The van der Waals surface area contributed by atoms with Crippen LogP contribution in [0.3, 0.4) is 0 Å². The largest absolute Gasteiger partial charge is 0.513 e. The lowest BCUT2D eigenvalue weighted by atomic mass is 10.0. The number of hydrogen-bond acceptors (Lipinski definition) is 1. The predicted molar refractivity (Wildman–Crippen MR) is 37.2 cm³/mol. The Labute approximate surface area is 84.4 Å². The van der Waals surface area contributed by atoms with Crippen molar-refractivity contribution in [2.45, 2.75) is 30.6 Å². The van der Waals surface area contributed by atoms with Gasteiger partial charge in [0.25, 0.3) is 0 Å². The van der Waals surface area contributed by atoms with Gasteiger partial charge in [0.2, 0.25) is 0 Å². The second-order valence-electron chi connectivity index (χ2n) is 2.95. The molecule has 0 saturated heterocycles. The Morgan fingerprint density at radius 3 is 1.69 bits per heavy atom. The Balaban J connectivity index is 5.25. The zero-order chi connectivity index (χ0) is 13.4. The minimum absolute atomic E-state index is 1.52. The summed E-state index contributed by atoms with van der Waals surface area (Å²) >= 11 is 0. The molecule has 1 N–H and O–H groups in total. The number of hydrogen-bond donors (Lipinski definition) is 1. The van der Waals surface area contributed by atoms with Crippen LogP contribution in [0.15, 0.2) is 12.3 Å². The average molecular weight is 258 g/mol. The summed E-state index contributed by atoms with van der Waals surface area (Å²) < 4.78 is 97.4. The van der Waals surface area contributed by atoms with Crippen molar-refractivity contribution in [3.63, 3.8) is 0 Å². The molecule has 0 fully saturated rings. The van der Waals surface area contributed by atoms with Gasteiger partial charge in [0.05, 0.1) is 12.2 Å². The maximum Gasteiger partial charge on any atom is 0.378 e. The molecular weight excluding hydrogens is 252 g/mol. The van der Waals surface area contributed by atoms with Gasteiger partial charge in [-0.05, 0) is 0 Å². The molecule has 0 saturated carbocycles. The molecule has 0 atom stereocenters. The molecule has 0 aliphatic rings.